The van der Waals surface area contributed by atoms with Crippen molar-refractivity contribution in [2.24, 2.45) is 0 Å². The second kappa shape index (κ2) is 8.31. The van der Waals surface area contributed by atoms with Crippen molar-refractivity contribution >= 4 is 40.6 Å². The van der Waals surface area contributed by atoms with Gasteiger partial charge in [-0.1, -0.05) is 38.1 Å². The van der Waals surface area contributed by atoms with Gasteiger partial charge in [0, 0.05) is 5.69 Å². The number of carbonyl (C=O) groups is 3. The quantitative estimate of drug-likeness (QED) is 0.740. The lowest BCUT2D eigenvalue weighted by molar-refractivity contribution is -0.127. The van der Waals surface area contributed by atoms with Gasteiger partial charge in [0.15, 0.2) is 0 Å². The lowest BCUT2D eigenvalue weighted by Gasteiger charge is -2.13. The molecule has 1 fully saturated rings. The van der Waals surface area contributed by atoms with Crippen LogP contribution >= 0.6 is 11.8 Å². The molecule has 2 N–H and O–H groups in total. The van der Waals surface area contributed by atoms with Crippen molar-refractivity contribution in [3.05, 3.63) is 64.6 Å². The average Bonchev–Trinajstić information content (AvgIpc) is 2.89. The van der Waals surface area contributed by atoms with Crippen LogP contribution in [0.2, 0.25) is 0 Å². The third-order valence-corrected chi connectivity index (χ3v) is 5.11. The van der Waals surface area contributed by atoms with Crippen molar-refractivity contribution in [3.8, 4) is 5.75 Å². The van der Waals surface area contributed by atoms with Gasteiger partial charge in [-0.2, -0.15) is 0 Å². The number of nitrogens with zero attached hydrogens (tertiary/aromatic N) is 1. The second-order valence-corrected chi connectivity index (χ2v) is 7.68. The van der Waals surface area contributed by atoms with Gasteiger partial charge in [0.05, 0.1) is 4.91 Å². The van der Waals surface area contributed by atoms with Crippen molar-refractivity contribution in [1.29, 1.82) is 0 Å². The van der Waals surface area contributed by atoms with E-state index in [2.05, 4.69) is 19.2 Å². The van der Waals surface area contributed by atoms with E-state index in [0.717, 1.165) is 22.2 Å². The van der Waals surface area contributed by atoms with Gasteiger partial charge < -0.3 is 10.4 Å². The van der Waals surface area contributed by atoms with Crippen LogP contribution < -0.4 is 5.32 Å². The number of anilines is 1. The number of phenolic OH excluding ortho intramolecular Hbond substituents is 1. The van der Waals surface area contributed by atoms with Crippen LogP contribution in [0.1, 0.15) is 30.9 Å². The van der Waals surface area contributed by atoms with Gasteiger partial charge in [-0.15, -0.1) is 0 Å². The van der Waals surface area contributed by atoms with Gasteiger partial charge in [0.25, 0.3) is 11.1 Å². The number of phenols is 1. The summed E-state index contributed by atoms with van der Waals surface area (Å²) in [5.74, 6) is -0.518. The van der Waals surface area contributed by atoms with E-state index in [-0.39, 0.29) is 17.2 Å². The van der Waals surface area contributed by atoms with E-state index in [1.807, 2.05) is 12.1 Å². The molecule has 0 aliphatic carbocycles. The number of carbonyl (C=O) groups excluding carboxylic acids is 3. The molecule has 144 valence electrons. The van der Waals surface area contributed by atoms with Crippen molar-refractivity contribution in [3.63, 3.8) is 0 Å². The van der Waals surface area contributed by atoms with Crippen LogP contribution in [-0.2, 0) is 9.59 Å². The minimum atomic E-state index is -0.524. The molecule has 0 spiro atoms. The highest BCUT2D eigenvalue weighted by atomic mass is 32.2. The molecule has 1 heterocycles. The van der Waals surface area contributed by atoms with Gasteiger partial charge in [0.1, 0.15) is 12.3 Å². The first-order valence-corrected chi connectivity index (χ1v) is 9.59. The predicted octanol–water partition coefficient (Wildman–Crippen LogP) is 4.19. The van der Waals surface area contributed by atoms with Crippen LogP contribution in [0.25, 0.3) is 6.08 Å². The largest absolute Gasteiger partial charge is 0.508 e. The van der Waals surface area contributed by atoms with E-state index in [0.29, 0.717) is 17.2 Å². The fraction of sp³-hybridized carbons (Fsp3) is 0.190. The molecule has 3 amide bonds. The molecule has 0 atom stereocenters. The average molecular weight is 396 g/mol. The molecule has 28 heavy (non-hydrogen) atoms. The van der Waals surface area contributed by atoms with Gasteiger partial charge >= 0.3 is 0 Å². The molecule has 0 radical (unpaired) electrons. The van der Waals surface area contributed by atoms with Crippen molar-refractivity contribution in [1.82, 2.24) is 4.90 Å². The van der Waals surface area contributed by atoms with Crippen LogP contribution in [-0.4, -0.2) is 33.6 Å². The Bertz CT molecular complexity index is 951. The van der Waals surface area contributed by atoms with Crippen LogP contribution in [0, 0.1) is 0 Å². The Morgan fingerprint density at radius 2 is 1.89 bits per heavy atom. The summed E-state index contributed by atoms with van der Waals surface area (Å²) in [7, 11) is 0. The van der Waals surface area contributed by atoms with Gasteiger partial charge in [0.2, 0.25) is 5.91 Å². The van der Waals surface area contributed by atoms with Gasteiger partial charge in [-0.05, 0) is 59.1 Å². The van der Waals surface area contributed by atoms with E-state index in [1.165, 1.54) is 18.2 Å². The number of rotatable bonds is 5. The maximum absolute atomic E-state index is 12.5. The van der Waals surface area contributed by atoms with Crippen LogP contribution in [0.4, 0.5) is 10.5 Å². The first-order chi connectivity index (χ1) is 13.3. The zero-order chi connectivity index (χ0) is 20.3. The number of hydrogen-bond acceptors (Lipinski definition) is 5. The Hall–Kier alpha value is -3.06. The summed E-state index contributed by atoms with van der Waals surface area (Å²) in [6.45, 7) is 3.81. The molecule has 7 heteroatoms. The molecule has 3 rings (SSSR count). The molecule has 1 aliphatic heterocycles. The minimum Gasteiger partial charge on any atom is -0.508 e. The first kappa shape index (κ1) is 19.7. The zero-order valence-electron chi connectivity index (χ0n) is 15.5. The molecular formula is C21H20N2O4S. The summed E-state index contributed by atoms with van der Waals surface area (Å²) in [6.07, 6.45) is 1.52. The summed E-state index contributed by atoms with van der Waals surface area (Å²) < 4.78 is 0. The maximum Gasteiger partial charge on any atom is 0.294 e. The Balaban J connectivity index is 1.66. The fourth-order valence-corrected chi connectivity index (χ4v) is 3.54. The molecule has 1 saturated heterocycles. The van der Waals surface area contributed by atoms with Crippen molar-refractivity contribution in [2.45, 2.75) is 19.8 Å². The SMILES string of the molecule is CC(C)c1ccc(NC(=O)CN2C(=O)S/C(=C/c3cccc(O)c3)C2=O)cc1. The Labute approximate surface area is 167 Å². The van der Waals surface area contributed by atoms with E-state index >= 15 is 0 Å². The third kappa shape index (κ3) is 4.61. The zero-order valence-corrected chi connectivity index (χ0v) is 16.3. The second-order valence-electron chi connectivity index (χ2n) is 6.69. The van der Waals surface area contributed by atoms with E-state index in [1.54, 1.807) is 24.3 Å². The lowest BCUT2D eigenvalue weighted by atomic mass is 10.0. The Kier molecular flexibility index (Phi) is 5.84. The number of imide groups is 1. The molecule has 6 nitrogen and oxygen atoms in total. The smallest absolute Gasteiger partial charge is 0.294 e. The molecule has 1 aliphatic rings. The molecular weight excluding hydrogens is 376 g/mol. The highest BCUT2D eigenvalue weighted by molar-refractivity contribution is 8.18. The Morgan fingerprint density at radius 1 is 1.18 bits per heavy atom. The molecule has 0 saturated carbocycles. The van der Waals surface area contributed by atoms with Crippen LogP contribution in [0.15, 0.2) is 53.4 Å². The van der Waals surface area contributed by atoms with E-state index < -0.39 is 17.1 Å². The molecule has 2 aromatic rings. The Morgan fingerprint density at radius 3 is 2.54 bits per heavy atom. The van der Waals surface area contributed by atoms with Crippen LogP contribution in [0.3, 0.4) is 0 Å². The monoisotopic (exact) mass is 396 g/mol. The highest BCUT2D eigenvalue weighted by Crippen LogP contribution is 2.32. The molecule has 0 unspecified atom stereocenters. The maximum atomic E-state index is 12.5. The number of thioether (sulfide) groups is 1. The number of benzene rings is 2. The number of hydrogen-bond donors (Lipinski definition) is 2. The fourth-order valence-electron chi connectivity index (χ4n) is 2.70. The number of aromatic hydroxyl groups is 1. The van der Waals surface area contributed by atoms with Gasteiger partial charge in [-0.25, -0.2) is 0 Å². The minimum absolute atomic E-state index is 0.0656. The summed E-state index contributed by atoms with van der Waals surface area (Å²) >= 11 is 0.773. The molecule has 0 aromatic heterocycles. The number of nitrogens with one attached hydrogen (secondary N) is 1. The van der Waals surface area contributed by atoms with E-state index in [9.17, 15) is 19.5 Å². The molecule has 2 aromatic carbocycles. The normalized spacial score (nSPS) is 15.5. The predicted molar refractivity (Wildman–Crippen MR) is 110 cm³/mol. The highest BCUT2D eigenvalue weighted by Gasteiger charge is 2.36. The van der Waals surface area contributed by atoms with Gasteiger partial charge in [-0.3, -0.25) is 19.3 Å². The van der Waals surface area contributed by atoms with Crippen molar-refractivity contribution < 1.29 is 19.5 Å². The summed E-state index contributed by atoms with van der Waals surface area (Å²) in [4.78, 5) is 38.0. The third-order valence-electron chi connectivity index (χ3n) is 4.20. The van der Waals surface area contributed by atoms with Crippen LogP contribution in [0.5, 0.6) is 5.75 Å². The number of amides is 3. The first-order valence-electron chi connectivity index (χ1n) is 8.77. The van der Waals surface area contributed by atoms with E-state index in [4.69, 9.17) is 0 Å². The summed E-state index contributed by atoms with van der Waals surface area (Å²) in [5, 5.41) is 11.7. The summed E-state index contributed by atoms with van der Waals surface area (Å²) in [5.41, 5.74) is 2.36. The molecule has 0 bridgehead atoms. The summed E-state index contributed by atoms with van der Waals surface area (Å²) in [6, 6.07) is 13.8. The van der Waals surface area contributed by atoms with Crippen molar-refractivity contribution in [2.75, 3.05) is 11.9 Å². The standard InChI is InChI=1S/C21H20N2O4S/c1-13(2)15-6-8-16(9-7-15)22-19(25)12-23-20(26)18(28-21(23)27)11-14-4-3-5-17(24)10-14/h3-11,13,24H,12H2,1-2H3,(H,22,25)/b18-11+. The topological polar surface area (TPSA) is 86.7 Å². The lowest BCUT2D eigenvalue weighted by Crippen LogP contribution is -2.36.